The van der Waals surface area contributed by atoms with Crippen LogP contribution in [0.3, 0.4) is 0 Å². The van der Waals surface area contributed by atoms with E-state index in [0.29, 0.717) is 6.61 Å². The fourth-order valence-electron chi connectivity index (χ4n) is 3.09. The van der Waals surface area contributed by atoms with Gasteiger partial charge in [0, 0.05) is 19.7 Å². The number of rotatable bonds is 2. The second-order valence-corrected chi connectivity index (χ2v) is 5.73. The Bertz CT molecular complexity index is 283. The van der Waals surface area contributed by atoms with Crippen LogP contribution < -0.4 is 5.73 Å². The van der Waals surface area contributed by atoms with Crippen molar-refractivity contribution >= 4 is 18.3 Å². The Morgan fingerprint density at radius 3 is 2.47 bits per heavy atom. The molecule has 1 amide bonds. The zero-order valence-corrected chi connectivity index (χ0v) is 12.7. The standard InChI is InChI=1S/C14H26N2O2.ClH/c1-16(11-8-9-18-10-11)14(17)12-6-4-2-3-5-7-13(12)15;/h11-13H,2-10,15H2,1H3;1H. The van der Waals surface area contributed by atoms with Gasteiger partial charge in [0.15, 0.2) is 0 Å². The summed E-state index contributed by atoms with van der Waals surface area (Å²) in [6, 6.07) is 0.303. The largest absolute Gasteiger partial charge is 0.379 e. The lowest BCUT2D eigenvalue weighted by molar-refractivity contribution is -0.137. The van der Waals surface area contributed by atoms with Crippen LogP contribution in [-0.2, 0) is 9.53 Å². The molecule has 3 unspecified atom stereocenters. The van der Waals surface area contributed by atoms with Crippen LogP contribution in [0.2, 0.25) is 0 Å². The van der Waals surface area contributed by atoms with Gasteiger partial charge in [-0.2, -0.15) is 0 Å². The van der Waals surface area contributed by atoms with Crippen LogP contribution in [0.5, 0.6) is 0 Å². The molecule has 112 valence electrons. The summed E-state index contributed by atoms with van der Waals surface area (Å²) in [4.78, 5) is 14.4. The highest BCUT2D eigenvalue weighted by molar-refractivity contribution is 5.85. The number of carbonyl (C=O) groups excluding carboxylic acids is 1. The molecule has 0 radical (unpaired) electrons. The zero-order valence-electron chi connectivity index (χ0n) is 11.8. The van der Waals surface area contributed by atoms with Gasteiger partial charge in [-0.3, -0.25) is 4.79 Å². The first kappa shape index (κ1) is 16.7. The second kappa shape index (κ2) is 8.08. The highest BCUT2D eigenvalue weighted by Gasteiger charge is 2.32. The minimum atomic E-state index is 0. The second-order valence-electron chi connectivity index (χ2n) is 5.73. The van der Waals surface area contributed by atoms with Crippen molar-refractivity contribution in [3.8, 4) is 0 Å². The van der Waals surface area contributed by atoms with Crippen molar-refractivity contribution in [2.45, 2.75) is 57.0 Å². The molecule has 1 heterocycles. The first-order valence-electron chi connectivity index (χ1n) is 7.30. The molecule has 2 rings (SSSR count). The summed E-state index contributed by atoms with van der Waals surface area (Å²) in [6.07, 6.45) is 7.72. The predicted molar refractivity (Wildman–Crippen MR) is 78.4 cm³/mol. The van der Waals surface area contributed by atoms with Crippen LogP contribution in [0.4, 0.5) is 0 Å². The van der Waals surface area contributed by atoms with Gasteiger partial charge in [0.25, 0.3) is 0 Å². The van der Waals surface area contributed by atoms with Crippen molar-refractivity contribution in [1.29, 1.82) is 0 Å². The van der Waals surface area contributed by atoms with E-state index in [4.69, 9.17) is 10.5 Å². The van der Waals surface area contributed by atoms with Crippen molar-refractivity contribution in [2.24, 2.45) is 11.7 Å². The van der Waals surface area contributed by atoms with Gasteiger partial charge in [-0.1, -0.05) is 25.7 Å². The SMILES string of the molecule is CN(C(=O)C1CCCCCCC1N)C1CCOC1.Cl. The zero-order chi connectivity index (χ0) is 13.0. The van der Waals surface area contributed by atoms with E-state index in [0.717, 1.165) is 32.3 Å². The lowest BCUT2D eigenvalue weighted by Gasteiger charge is -2.32. The summed E-state index contributed by atoms with van der Waals surface area (Å²) in [6.45, 7) is 1.46. The Morgan fingerprint density at radius 1 is 1.16 bits per heavy atom. The maximum absolute atomic E-state index is 12.6. The maximum Gasteiger partial charge on any atom is 0.227 e. The fraction of sp³-hybridized carbons (Fsp3) is 0.929. The molecule has 0 aromatic carbocycles. The molecule has 0 aromatic rings. The molecule has 0 aromatic heterocycles. The van der Waals surface area contributed by atoms with Crippen molar-refractivity contribution < 1.29 is 9.53 Å². The summed E-state index contributed by atoms with van der Waals surface area (Å²) in [5.41, 5.74) is 6.21. The van der Waals surface area contributed by atoms with Crippen LogP contribution in [0.15, 0.2) is 0 Å². The lowest BCUT2D eigenvalue weighted by Crippen LogP contribution is -2.47. The summed E-state index contributed by atoms with van der Waals surface area (Å²) >= 11 is 0. The molecule has 4 nitrogen and oxygen atoms in total. The Hall–Kier alpha value is -0.320. The van der Waals surface area contributed by atoms with Crippen LogP contribution in [-0.4, -0.2) is 43.2 Å². The van der Waals surface area contributed by atoms with Gasteiger partial charge in [-0.25, -0.2) is 0 Å². The fourth-order valence-corrected chi connectivity index (χ4v) is 3.09. The van der Waals surface area contributed by atoms with Crippen molar-refractivity contribution in [3.63, 3.8) is 0 Å². The highest BCUT2D eigenvalue weighted by Crippen LogP contribution is 2.24. The minimum Gasteiger partial charge on any atom is -0.379 e. The molecular formula is C14H27ClN2O2. The van der Waals surface area contributed by atoms with Gasteiger partial charge in [0.05, 0.1) is 18.6 Å². The summed E-state index contributed by atoms with van der Waals surface area (Å²) in [5.74, 6) is 0.260. The topological polar surface area (TPSA) is 55.6 Å². The van der Waals surface area contributed by atoms with E-state index >= 15 is 0 Å². The number of halogens is 1. The van der Waals surface area contributed by atoms with Crippen LogP contribution >= 0.6 is 12.4 Å². The third-order valence-corrected chi connectivity index (χ3v) is 4.44. The Kier molecular flexibility index (Phi) is 7.11. The van der Waals surface area contributed by atoms with Crippen molar-refractivity contribution in [2.75, 3.05) is 20.3 Å². The van der Waals surface area contributed by atoms with Gasteiger partial charge in [0.1, 0.15) is 0 Å². The number of amides is 1. The van der Waals surface area contributed by atoms with E-state index in [9.17, 15) is 4.79 Å². The summed E-state index contributed by atoms with van der Waals surface area (Å²) in [5, 5.41) is 0. The molecule has 0 bridgehead atoms. The van der Waals surface area contributed by atoms with Gasteiger partial charge in [-0.15, -0.1) is 12.4 Å². The third kappa shape index (κ3) is 4.33. The van der Waals surface area contributed by atoms with Crippen molar-refractivity contribution in [1.82, 2.24) is 4.90 Å². The van der Waals surface area contributed by atoms with Crippen LogP contribution in [0, 0.1) is 5.92 Å². The first-order valence-corrected chi connectivity index (χ1v) is 7.30. The number of ether oxygens (including phenoxy) is 1. The van der Waals surface area contributed by atoms with E-state index < -0.39 is 0 Å². The van der Waals surface area contributed by atoms with Gasteiger partial charge < -0.3 is 15.4 Å². The molecule has 2 N–H and O–H groups in total. The van der Waals surface area contributed by atoms with Crippen molar-refractivity contribution in [3.05, 3.63) is 0 Å². The van der Waals surface area contributed by atoms with E-state index in [1.807, 2.05) is 11.9 Å². The Balaban J connectivity index is 0.00000180. The third-order valence-electron chi connectivity index (χ3n) is 4.44. The Labute approximate surface area is 122 Å². The van der Waals surface area contributed by atoms with Gasteiger partial charge in [-0.05, 0) is 19.3 Å². The molecule has 1 saturated carbocycles. The molecule has 3 atom stereocenters. The number of hydrogen-bond donors (Lipinski definition) is 1. The highest BCUT2D eigenvalue weighted by atomic mass is 35.5. The monoisotopic (exact) mass is 290 g/mol. The number of carbonyl (C=O) groups is 1. The van der Waals surface area contributed by atoms with Gasteiger partial charge >= 0.3 is 0 Å². The van der Waals surface area contributed by atoms with Crippen LogP contribution in [0.25, 0.3) is 0 Å². The number of likely N-dealkylation sites (N-methyl/N-ethyl adjacent to an activating group) is 1. The molecular weight excluding hydrogens is 264 g/mol. The van der Waals surface area contributed by atoms with Gasteiger partial charge in [0.2, 0.25) is 5.91 Å². The quantitative estimate of drug-likeness (QED) is 0.846. The molecule has 1 saturated heterocycles. The maximum atomic E-state index is 12.6. The smallest absolute Gasteiger partial charge is 0.227 e. The average Bonchev–Trinajstić information content (AvgIpc) is 2.86. The molecule has 5 heteroatoms. The first-order chi connectivity index (χ1) is 8.70. The summed E-state index contributed by atoms with van der Waals surface area (Å²) < 4.78 is 5.36. The lowest BCUT2D eigenvalue weighted by atomic mass is 9.86. The molecule has 19 heavy (non-hydrogen) atoms. The summed E-state index contributed by atoms with van der Waals surface area (Å²) in [7, 11) is 1.91. The molecule has 2 fully saturated rings. The molecule has 2 aliphatic rings. The molecule has 1 aliphatic carbocycles. The predicted octanol–water partition coefficient (Wildman–Crippen LogP) is 1.95. The van der Waals surface area contributed by atoms with E-state index in [1.165, 1.54) is 19.3 Å². The van der Waals surface area contributed by atoms with E-state index in [2.05, 4.69) is 0 Å². The molecule has 0 spiro atoms. The minimum absolute atomic E-state index is 0. The van der Waals surface area contributed by atoms with E-state index in [1.54, 1.807) is 0 Å². The number of nitrogens with zero attached hydrogens (tertiary/aromatic N) is 1. The Morgan fingerprint density at radius 2 is 1.84 bits per heavy atom. The normalized spacial score (nSPS) is 32.0. The molecule has 1 aliphatic heterocycles. The van der Waals surface area contributed by atoms with E-state index in [-0.39, 0.29) is 36.3 Å². The average molecular weight is 291 g/mol. The van der Waals surface area contributed by atoms with Crippen LogP contribution in [0.1, 0.15) is 44.9 Å². The number of nitrogens with two attached hydrogens (primary N) is 1. The number of hydrogen-bond acceptors (Lipinski definition) is 3.